The number of rotatable bonds is 35. The molecule has 0 aliphatic carbocycles. The Bertz CT molecular complexity index is 578. The third-order valence-corrected chi connectivity index (χ3v) is 9.11. The van der Waals surface area contributed by atoms with Crippen LogP contribution in [0.15, 0.2) is 24.3 Å². The van der Waals surface area contributed by atoms with Gasteiger partial charge in [0.05, 0.1) is 0 Å². The van der Waals surface area contributed by atoms with Gasteiger partial charge in [-0.3, -0.25) is 4.79 Å². The molecule has 0 saturated carbocycles. The van der Waals surface area contributed by atoms with Gasteiger partial charge in [0.2, 0.25) is 0 Å². The molecule has 42 heavy (non-hydrogen) atoms. The van der Waals surface area contributed by atoms with Gasteiger partial charge in [-0.25, -0.2) is 0 Å². The van der Waals surface area contributed by atoms with Crippen molar-refractivity contribution in [3.05, 3.63) is 24.3 Å². The van der Waals surface area contributed by atoms with Crippen LogP contribution in [0.1, 0.15) is 219 Å². The minimum atomic E-state index is -0.654. The number of aliphatic carboxylic acids is 1. The van der Waals surface area contributed by atoms with Crippen molar-refractivity contribution in [2.45, 2.75) is 219 Å². The van der Waals surface area contributed by atoms with E-state index in [0.717, 1.165) is 18.8 Å². The zero-order valence-electron chi connectivity index (χ0n) is 28.9. The number of hydrogen-bond donors (Lipinski definition) is 1. The lowest BCUT2D eigenvalue weighted by atomic mass is 9.92. The SMILES string of the molecule is CCCCCCCCC=CCCCCCCCCC(CC)CCCCCC=CCCCCCCCCCCCC(=O)O. The second-order valence-corrected chi connectivity index (χ2v) is 13.2. The maximum Gasteiger partial charge on any atom is 0.303 e. The summed E-state index contributed by atoms with van der Waals surface area (Å²) in [6.07, 6.45) is 51.9. The molecule has 1 atom stereocenters. The van der Waals surface area contributed by atoms with Crippen molar-refractivity contribution in [3.63, 3.8) is 0 Å². The average Bonchev–Trinajstić information content (AvgIpc) is 2.99. The van der Waals surface area contributed by atoms with Gasteiger partial charge in [0.15, 0.2) is 0 Å². The summed E-state index contributed by atoms with van der Waals surface area (Å²) in [4.78, 5) is 10.5. The topological polar surface area (TPSA) is 37.3 Å². The molecule has 0 radical (unpaired) electrons. The summed E-state index contributed by atoms with van der Waals surface area (Å²) in [6.45, 7) is 4.69. The number of carboxylic acid groups (broad SMARTS) is 1. The molecule has 0 rings (SSSR count). The van der Waals surface area contributed by atoms with Crippen molar-refractivity contribution in [2.75, 3.05) is 0 Å². The Labute approximate surface area is 265 Å². The van der Waals surface area contributed by atoms with Crippen LogP contribution in [-0.2, 0) is 4.79 Å². The molecule has 0 aromatic heterocycles. The standard InChI is InChI=1S/C40H76O2/c1-3-5-6-7-8-9-10-11-12-15-18-21-24-27-30-33-36-39(4-2)37-34-31-28-25-22-19-16-13-14-17-20-23-26-29-32-35-38-40(41)42/h11-12,19,22,39H,3-10,13-18,20-21,23-38H2,1-2H3,(H,41,42). The average molecular weight is 589 g/mol. The fourth-order valence-electron chi connectivity index (χ4n) is 6.12. The molecular formula is C40H76O2. The maximum atomic E-state index is 10.5. The first-order chi connectivity index (χ1) is 20.7. The highest BCUT2D eigenvalue weighted by atomic mass is 16.4. The Hall–Kier alpha value is -1.05. The van der Waals surface area contributed by atoms with Crippen LogP contribution in [-0.4, -0.2) is 11.1 Å². The largest absolute Gasteiger partial charge is 0.481 e. The van der Waals surface area contributed by atoms with Gasteiger partial charge in [-0.2, -0.15) is 0 Å². The molecule has 248 valence electrons. The highest BCUT2D eigenvalue weighted by Crippen LogP contribution is 2.22. The Balaban J connectivity index is 3.35. The van der Waals surface area contributed by atoms with Crippen LogP contribution in [0, 0.1) is 5.92 Å². The number of carboxylic acids is 1. The van der Waals surface area contributed by atoms with Gasteiger partial charge >= 0.3 is 5.97 Å². The monoisotopic (exact) mass is 589 g/mol. The Kier molecular flexibility index (Phi) is 35.2. The summed E-state index contributed by atoms with van der Waals surface area (Å²) in [5.74, 6) is 0.313. The van der Waals surface area contributed by atoms with Gasteiger partial charge in [0.25, 0.3) is 0 Å². The predicted octanol–water partition coefficient (Wildman–Crippen LogP) is 14.3. The zero-order chi connectivity index (χ0) is 30.6. The van der Waals surface area contributed by atoms with Crippen molar-refractivity contribution in [3.8, 4) is 0 Å². The lowest BCUT2D eigenvalue weighted by Gasteiger charge is -2.14. The Morgan fingerprint density at radius 1 is 0.452 bits per heavy atom. The third-order valence-electron chi connectivity index (χ3n) is 9.11. The predicted molar refractivity (Wildman–Crippen MR) is 188 cm³/mol. The molecule has 1 N–H and O–H groups in total. The van der Waals surface area contributed by atoms with E-state index in [-0.39, 0.29) is 0 Å². The quantitative estimate of drug-likeness (QED) is 0.0590. The van der Waals surface area contributed by atoms with E-state index in [2.05, 4.69) is 38.2 Å². The van der Waals surface area contributed by atoms with Gasteiger partial charge in [-0.15, -0.1) is 0 Å². The van der Waals surface area contributed by atoms with E-state index in [1.807, 2.05) is 0 Å². The van der Waals surface area contributed by atoms with Gasteiger partial charge in [0.1, 0.15) is 0 Å². The van der Waals surface area contributed by atoms with E-state index >= 15 is 0 Å². The van der Waals surface area contributed by atoms with Gasteiger partial charge < -0.3 is 5.11 Å². The Morgan fingerprint density at radius 3 is 1.12 bits per heavy atom. The van der Waals surface area contributed by atoms with Crippen LogP contribution in [0.25, 0.3) is 0 Å². The van der Waals surface area contributed by atoms with Gasteiger partial charge in [-0.1, -0.05) is 179 Å². The lowest BCUT2D eigenvalue weighted by Crippen LogP contribution is -1.99. The molecule has 0 aliphatic rings. The van der Waals surface area contributed by atoms with Crippen molar-refractivity contribution in [2.24, 2.45) is 5.92 Å². The van der Waals surface area contributed by atoms with Crippen molar-refractivity contribution in [1.82, 2.24) is 0 Å². The van der Waals surface area contributed by atoms with E-state index < -0.39 is 5.97 Å². The van der Waals surface area contributed by atoms with E-state index in [0.29, 0.717) is 6.42 Å². The molecule has 0 aromatic carbocycles. The van der Waals surface area contributed by atoms with Crippen LogP contribution < -0.4 is 0 Å². The number of carbonyl (C=O) groups is 1. The summed E-state index contributed by atoms with van der Waals surface area (Å²) >= 11 is 0. The highest BCUT2D eigenvalue weighted by Gasteiger charge is 2.05. The van der Waals surface area contributed by atoms with Crippen LogP contribution in [0.4, 0.5) is 0 Å². The van der Waals surface area contributed by atoms with E-state index in [4.69, 9.17) is 5.11 Å². The number of allylic oxidation sites excluding steroid dienone is 4. The lowest BCUT2D eigenvalue weighted by molar-refractivity contribution is -0.137. The van der Waals surface area contributed by atoms with E-state index in [1.54, 1.807) is 0 Å². The summed E-state index contributed by atoms with van der Waals surface area (Å²) in [5, 5.41) is 8.65. The second kappa shape index (κ2) is 36.1. The van der Waals surface area contributed by atoms with E-state index in [1.165, 1.54) is 186 Å². The van der Waals surface area contributed by atoms with Crippen LogP contribution in [0.3, 0.4) is 0 Å². The minimum absolute atomic E-state index is 0.339. The molecule has 0 aromatic rings. The molecule has 2 heteroatoms. The third kappa shape index (κ3) is 35.1. The first-order valence-corrected chi connectivity index (χ1v) is 19.2. The fraction of sp³-hybridized carbons (Fsp3) is 0.875. The summed E-state index contributed by atoms with van der Waals surface area (Å²) in [5.41, 5.74) is 0. The molecule has 1 unspecified atom stereocenters. The number of hydrogen-bond acceptors (Lipinski definition) is 1. The molecule has 2 nitrogen and oxygen atoms in total. The zero-order valence-corrected chi connectivity index (χ0v) is 28.9. The van der Waals surface area contributed by atoms with Crippen molar-refractivity contribution >= 4 is 5.97 Å². The maximum absolute atomic E-state index is 10.5. The van der Waals surface area contributed by atoms with Crippen molar-refractivity contribution < 1.29 is 9.90 Å². The fourth-order valence-corrected chi connectivity index (χ4v) is 6.12. The van der Waals surface area contributed by atoms with Crippen LogP contribution in [0.2, 0.25) is 0 Å². The molecule has 0 amide bonds. The van der Waals surface area contributed by atoms with Gasteiger partial charge in [-0.05, 0) is 63.7 Å². The summed E-state index contributed by atoms with van der Waals surface area (Å²) in [7, 11) is 0. The molecule has 0 fully saturated rings. The second-order valence-electron chi connectivity index (χ2n) is 13.2. The molecule has 0 saturated heterocycles. The first-order valence-electron chi connectivity index (χ1n) is 19.2. The molecule has 0 spiro atoms. The molecule has 0 bridgehead atoms. The normalized spacial score (nSPS) is 12.6. The summed E-state index contributed by atoms with van der Waals surface area (Å²) < 4.78 is 0. The van der Waals surface area contributed by atoms with Crippen LogP contribution in [0.5, 0.6) is 0 Å². The van der Waals surface area contributed by atoms with Crippen molar-refractivity contribution in [1.29, 1.82) is 0 Å². The van der Waals surface area contributed by atoms with Crippen LogP contribution >= 0.6 is 0 Å². The molecule has 0 aliphatic heterocycles. The number of unbranched alkanes of at least 4 members (excludes halogenated alkanes) is 24. The van der Waals surface area contributed by atoms with E-state index in [9.17, 15) is 4.79 Å². The summed E-state index contributed by atoms with van der Waals surface area (Å²) in [6, 6.07) is 0. The van der Waals surface area contributed by atoms with Gasteiger partial charge in [0, 0.05) is 6.42 Å². The highest BCUT2D eigenvalue weighted by molar-refractivity contribution is 5.66. The molecular weight excluding hydrogens is 512 g/mol. The Morgan fingerprint density at radius 2 is 0.762 bits per heavy atom. The molecule has 0 heterocycles. The smallest absolute Gasteiger partial charge is 0.303 e. The minimum Gasteiger partial charge on any atom is -0.481 e. The first kappa shape index (κ1) is 41.0.